The lowest BCUT2D eigenvalue weighted by Crippen LogP contribution is -2.24. The molecule has 0 saturated carbocycles. The summed E-state index contributed by atoms with van der Waals surface area (Å²) < 4.78 is 1.86. The molecule has 0 aliphatic carbocycles. The van der Waals surface area contributed by atoms with Gasteiger partial charge in [-0.1, -0.05) is 6.92 Å². The summed E-state index contributed by atoms with van der Waals surface area (Å²) in [6, 6.07) is 0.676. The van der Waals surface area contributed by atoms with Crippen molar-refractivity contribution in [2.24, 2.45) is 7.05 Å². The van der Waals surface area contributed by atoms with Crippen molar-refractivity contribution in [3.05, 3.63) is 18.0 Å². The minimum absolute atomic E-state index is 0.457. The minimum Gasteiger partial charge on any atom is -0.298 e. The van der Waals surface area contributed by atoms with E-state index in [0.29, 0.717) is 11.4 Å². The van der Waals surface area contributed by atoms with E-state index in [4.69, 9.17) is 0 Å². The molecule has 0 amide bonds. The molecule has 1 aliphatic rings. The highest BCUT2D eigenvalue weighted by Crippen LogP contribution is 2.32. The van der Waals surface area contributed by atoms with E-state index in [1.54, 1.807) is 0 Å². The number of hydrogen-bond donors (Lipinski definition) is 1. The Kier molecular flexibility index (Phi) is 2.60. The third kappa shape index (κ3) is 1.89. The Morgan fingerprint density at radius 2 is 2.62 bits per heavy atom. The van der Waals surface area contributed by atoms with E-state index in [1.165, 1.54) is 17.7 Å². The predicted octanol–water partition coefficient (Wildman–Crippen LogP) is 1.53. The molecule has 2 rings (SSSR count). The van der Waals surface area contributed by atoms with Gasteiger partial charge in [0, 0.05) is 30.6 Å². The number of hydrogen-bond acceptors (Lipinski definition) is 3. The third-order valence-electron chi connectivity index (χ3n) is 2.37. The monoisotopic (exact) mass is 197 g/mol. The van der Waals surface area contributed by atoms with Crippen LogP contribution < -0.4 is 5.32 Å². The molecule has 13 heavy (non-hydrogen) atoms. The predicted molar refractivity (Wildman–Crippen MR) is 55.6 cm³/mol. The fraction of sp³-hybridized carbons (Fsp3) is 0.667. The van der Waals surface area contributed by atoms with Crippen LogP contribution in [0.3, 0.4) is 0 Å². The molecule has 3 nitrogen and oxygen atoms in total. The fourth-order valence-electron chi connectivity index (χ4n) is 1.53. The standard InChI is InChI=1S/C9H15N3S/c1-3-8-6-13-9(11-8)7-4-10-12(2)5-7/h4-5,8-9,11H,3,6H2,1-2H3. The zero-order valence-electron chi connectivity index (χ0n) is 8.03. The smallest absolute Gasteiger partial charge is 0.0823 e. The molecule has 4 heteroatoms. The summed E-state index contributed by atoms with van der Waals surface area (Å²) in [7, 11) is 1.96. The van der Waals surface area contributed by atoms with Crippen molar-refractivity contribution in [1.29, 1.82) is 0 Å². The average molecular weight is 197 g/mol. The summed E-state index contributed by atoms with van der Waals surface area (Å²) >= 11 is 1.98. The van der Waals surface area contributed by atoms with Gasteiger partial charge in [0.1, 0.15) is 0 Å². The van der Waals surface area contributed by atoms with Crippen LogP contribution >= 0.6 is 11.8 Å². The lowest BCUT2D eigenvalue weighted by atomic mass is 10.2. The van der Waals surface area contributed by atoms with E-state index in [9.17, 15) is 0 Å². The maximum absolute atomic E-state index is 4.18. The summed E-state index contributed by atoms with van der Waals surface area (Å²) in [4.78, 5) is 0. The van der Waals surface area contributed by atoms with Crippen LogP contribution in [0.4, 0.5) is 0 Å². The van der Waals surface area contributed by atoms with E-state index in [2.05, 4.69) is 23.5 Å². The van der Waals surface area contributed by atoms with Crippen molar-refractivity contribution in [1.82, 2.24) is 15.1 Å². The van der Waals surface area contributed by atoms with Crippen LogP contribution in [0.15, 0.2) is 12.4 Å². The van der Waals surface area contributed by atoms with Crippen LogP contribution in [0.25, 0.3) is 0 Å². The average Bonchev–Trinajstić information content (AvgIpc) is 2.71. The molecule has 1 fully saturated rings. The summed E-state index contributed by atoms with van der Waals surface area (Å²) in [6.45, 7) is 2.23. The van der Waals surface area contributed by atoms with E-state index in [1.807, 2.05) is 29.7 Å². The first kappa shape index (κ1) is 9.09. The molecule has 72 valence electrons. The zero-order chi connectivity index (χ0) is 9.26. The first-order valence-corrected chi connectivity index (χ1v) is 5.70. The highest BCUT2D eigenvalue weighted by atomic mass is 32.2. The van der Waals surface area contributed by atoms with Crippen molar-refractivity contribution >= 4 is 11.8 Å². The second kappa shape index (κ2) is 3.72. The zero-order valence-corrected chi connectivity index (χ0v) is 8.84. The Morgan fingerprint density at radius 1 is 1.77 bits per heavy atom. The summed E-state index contributed by atoms with van der Waals surface area (Å²) in [6.07, 6.45) is 5.25. The second-order valence-corrected chi connectivity index (χ2v) is 4.57. The molecule has 1 N–H and O–H groups in total. The van der Waals surface area contributed by atoms with Crippen LogP contribution in [0.1, 0.15) is 24.3 Å². The van der Waals surface area contributed by atoms with Gasteiger partial charge in [0.2, 0.25) is 0 Å². The van der Waals surface area contributed by atoms with Gasteiger partial charge in [-0.2, -0.15) is 5.10 Å². The maximum Gasteiger partial charge on any atom is 0.0823 e. The van der Waals surface area contributed by atoms with E-state index in [0.717, 1.165) is 0 Å². The molecule has 1 aromatic rings. The van der Waals surface area contributed by atoms with Crippen molar-refractivity contribution in [2.45, 2.75) is 24.8 Å². The molecule has 0 radical (unpaired) electrons. The number of rotatable bonds is 2. The van der Waals surface area contributed by atoms with Gasteiger partial charge < -0.3 is 0 Å². The first-order valence-electron chi connectivity index (χ1n) is 4.65. The van der Waals surface area contributed by atoms with Crippen LogP contribution in [0, 0.1) is 0 Å². The van der Waals surface area contributed by atoms with Gasteiger partial charge in [-0.25, -0.2) is 0 Å². The molecular weight excluding hydrogens is 182 g/mol. The molecule has 2 unspecified atom stereocenters. The van der Waals surface area contributed by atoms with Crippen LogP contribution in [-0.4, -0.2) is 21.6 Å². The Hall–Kier alpha value is -0.480. The number of nitrogens with one attached hydrogen (secondary N) is 1. The molecule has 1 aromatic heterocycles. The molecule has 0 spiro atoms. The second-order valence-electron chi connectivity index (χ2n) is 3.43. The van der Waals surface area contributed by atoms with Crippen LogP contribution in [0.5, 0.6) is 0 Å². The quantitative estimate of drug-likeness (QED) is 0.780. The molecule has 1 aliphatic heterocycles. The number of thioether (sulfide) groups is 1. The fourth-order valence-corrected chi connectivity index (χ4v) is 2.89. The highest BCUT2D eigenvalue weighted by molar-refractivity contribution is 7.99. The lowest BCUT2D eigenvalue weighted by Gasteiger charge is -2.09. The van der Waals surface area contributed by atoms with Gasteiger partial charge in [0.15, 0.2) is 0 Å². The van der Waals surface area contributed by atoms with Crippen LogP contribution in [0.2, 0.25) is 0 Å². The highest BCUT2D eigenvalue weighted by Gasteiger charge is 2.24. The van der Waals surface area contributed by atoms with Crippen molar-refractivity contribution in [3.63, 3.8) is 0 Å². The van der Waals surface area contributed by atoms with Gasteiger partial charge in [-0.15, -0.1) is 11.8 Å². The lowest BCUT2D eigenvalue weighted by molar-refractivity contribution is 0.561. The number of aromatic nitrogens is 2. The summed E-state index contributed by atoms with van der Waals surface area (Å²) in [5, 5.41) is 8.21. The largest absolute Gasteiger partial charge is 0.298 e. The van der Waals surface area contributed by atoms with E-state index < -0.39 is 0 Å². The van der Waals surface area contributed by atoms with Gasteiger partial charge >= 0.3 is 0 Å². The van der Waals surface area contributed by atoms with E-state index >= 15 is 0 Å². The molecule has 2 heterocycles. The van der Waals surface area contributed by atoms with Crippen molar-refractivity contribution < 1.29 is 0 Å². The van der Waals surface area contributed by atoms with Gasteiger partial charge in [0.25, 0.3) is 0 Å². The van der Waals surface area contributed by atoms with E-state index in [-0.39, 0.29) is 0 Å². The Balaban J connectivity index is 2.03. The maximum atomic E-state index is 4.18. The van der Waals surface area contributed by atoms with Gasteiger partial charge in [0.05, 0.1) is 11.6 Å². The first-order chi connectivity index (χ1) is 6.29. The van der Waals surface area contributed by atoms with Crippen LogP contribution in [-0.2, 0) is 7.05 Å². The third-order valence-corrected chi connectivity index (χ3v) is 3.71. The number of nitrogens with zero attached hydrogens (tertiary/aromatic N) is 2. The SMILES string of the molecule is CCC1CSC(c2cnn(C)c2)N1. The summed E-state index contributed by atoms with van der Waals surface area (Å²) in [5.41, 5.74) is 1.29. The Bertz CT molecular complexity index is 284. The normalized spacial score (nSPS) is 28.2. The molecule has 0 bridgehead atoms. The summed E-state index contributed by atoms with van der Waals surface area (Å²) in [5.74, 6) is 1.22. The Morgan fingerprint density at radius 3 is 3.15 bits per heavy atom. The molecule has 0 aromatic carbocycles. The topological polar surface area (TPSA) is 29.9 Å². The minimum atomic E-state index is 0.457. The van der Waals surface area contributed by atoms with Gasteiger partial charge in [-0.05, 0) is 6.42 Å². The number of aryl methyl sites for hydroxylation is 1. The van der Waals surface area contributed by atoms with Crippen molar-refractivity contribution in [2.75, 3.05) is 5.75 Å². The molecular formula is C9H15N3S. The van der Waals surface area contributed by atoms with Gasteiger partial charge in [-0.3, -0.25) is 10.00 Å². The molecule has 2 atom stereocenters. The molecule has 1 saturated heterocycles. The van der Waals surface area contributed by atoms with Crippen molar-refractivity contribution in [3.8, 4) is 0 Å². The Labute approximate surface area is 82.9 Å².